The molecule has 0 radical (unpaired) electrons. The Hall–Kier alpha value is -0.500. The highest BCUT2D eigenvalue weighted by molar-refractivity contribution is 14.1. The van der Waals surface area contributed by atoms with Crippen LogP contribution in [-0.4, -0.2) is 12.1 Å². The van der Waals surface area contributed by atoms with Crippen LogP contribution >= 0.6 is 22.6 Å². The van der Waals surface area contributed by atoms with Crippen molar-refractivity contribution in [2.24, 2.45) is 5.73 Å². The summed E-state index contributed by atoms with van der Waals surface area (Å²) in [5.41, 5.74) is 5.46. The molecule has 1 aromatic rings. The van der Waals surface area contributed by atoms with Crippen LogP contribution in [0.3, 0.4) is 0 Å². The summed E-state index contributed by atoms with van der Waals surface area (Å²) >= 11 is 1.91. The van der Waals surface area contributed by atoms with E-state index in [1.54, 1.807) is 0 Å². The molecule has 78 valence electrons. The molecule has 0 aliphatic rings. The molecule has 1 rings (SSSR count). The third kappa shape index (κ3) is 2.30. The Bertz CT molecular complexity index is 333. The second-order valence-corrected chi connectivity index (χ2v) is 3.68. The number of rotatable bonds is 3. The van der Waals surface area contributed by atoms with Gasteiger partial charge in [-0.15, -0.1) is 0 Å². The first-order valence-electron chi connectivity index (χ1n) is 3.81. The molecule has 0 bridgehead atoms. The van der Waals surface area contributed by atoms with Crippen LogP contribution in [0.1, 0.15) is 17.8 Å². The molecule has 3 nitrogen and oxygen atoms in total. The third-order valence-electron chi connectivity index (χ3n) is 1.64. The Morgan fingerprint density at radius 1 is 1.64 bits per heavy atom. The second-order valence-electron chi connectivity index (χ2n) is 2.51. The average Bonchev–Trinajstić information content (AvgIpc) is 2.16. The highest BCUT2D eigenvalue weighted by Gasteiger charge is 2.15. The topological polar surface area (TPSA) is 48.1 Å². The van der Waals surface area contributed by atoms with Crippen LogP contribution in [0.15, 0.2) is 6.07 Å². The SMILES string of the molecule is COc1c(I)cc(C(F)F)nc1CN. The number of pyridine rings is 1. The minimum absolute atomic E-state index is 0.0831. The fourth-order valence-electron chi connectivity index (χ4n) is 1.04. The Morgan fingerprint density at radius 3 is 2.71 bits per heavy atom. The van der Waals surface area contributed by atoms with Gasteiger partial charge in [-0.2, -0.15) is 0 Å². The third-order valence-corrected chi connectivity index (χ3v) is 2.44. The lowest BCUT2D eigenvalue weighted by molar-refractivity contribution is 0.145. The smallest absolute Gasteiger partial charge is 0.280 e. The summed E-state index contributed by atoms with van der Waals surface area (Å²) in [5, 5.41) is 0. The molecule has 0 saturated heterocycles. The van der Waals surface area contributed by atoms with Gasteiger partial charge in [-0.3, -0.25) is 0 Å². The Morgan fingerprint density at radius 2 is 2.29 bits per heavy atom. The van der Waals surface area contributed by atoms with Crippen molar-refractivity contribution in [3.8, 4) is 5.75 Å². The maximum atomic E-state index is 12.4. The van der Waals surface area contributed by atoms with Gasteiger partial charge in [0.2, 0.25) is 0 Å². The lowest BCUT2D eigenvalue weighted by Crippen LogP contribution is -2.07. The van der Waals surface area contributed by atoms with Crippen LogP contribution in [0.5, 0.6) is 5.75 Å². The van der Waals surface area contributed by atoms with Gasteiger partial charge in [-0.05, 0) is 28.7 Å². The number of methoxy groups -OCH3 is 1. The van der Waals surface area contributed by atoms with Gasteiger partial charge in [0.25, 0.3) is 6.43 Å². The van der Waals surface area contributed by atoms with Gasteiger partial charge in [0.05, 0.1) is 16.4 Å². The number of aromatic nitrogens is 1. The molecule has 0 spiro atoms. The van der Waals surface area contributed by atoms with Gasteiger partial charge in [-0.25, -0.2) is 13.8 Å². The summed E-state index contributed by atoms with van der Waals surface area (Å²) in [6.07, 6.45) is -2.58. The number of nitrogens with zero attached hydrogens (tertiary/aromatic N) is 1. The number of ether oxygens (including phenoxy) is 1. The molecule has 1 heterocycles. The van der Waals surface area contributed by atoms with Crippen molar-refractivity contribution in [3.05, 3.63) is 21.0 Å². The van der Waals surface area contributed by atoms with Gasteiger partial charge in [0.1, 0.15) is 5.69 Å². The summed E-state index contributed by atoms with van der Waals surface area (Å²) in [6, 6.07) is 1.29. The Balaban J connectivity index is 3.24. The molecule has 0 atom stereocenters. The first-order chi connectivity index (χ1) is 6.60. The van der Waals surface area contributed by atoms with Crippen LogP contribution in [0, 0.1) is 3.57 Å². The fourth-order valence-corrected chi connectivity index (χ4v) is 1.89. The molecular formula is C8H9F2IN2O. The van der Waals surface area contributed by atoms with Crippen molar-refractivity contribution < 1.29 is 13.5 Å². The van der Waals surface area contributed by atoms with E-state index < -0.39 is 6.43 Å². The van der Waals surface area contributed by atoms with E-state index in [1.165, 1.54) is 13.2 Å². The minimum atomic E-state index is -2.58. The van der Waals surface area contributed by atoms with E-state index in [2.05, 4.69) is 4.98 Å². The van der Waals surface area contributed by atoms with Gasteiger partial charge < -0.3 is 10.5 Å². The van der Waals surface area contributed by atoms with E-state index in [9.17, 15) is 8.78 Å². The standard InChI is InChI=1S/C8H9F2IN2O/c1-14-7-4(11)2-5(8(9)10)13-6(7)3-12/h2,8H,3,12H2,1H3. The molecule has 1 aromatic heterocycles. The molecule has 2 N–H and O–H groups in total. The molecule has 0 aliphatic heterocycles. The summed E-state index contributed by atoms with van der Waals surface area (Å²) < 4.78 is 30.3. The van der Waals surface area contributed by atoms with Crippen LogP contribution in [-0.2, 0) is 6.54 Å². The summed E-state index contributed by atoms with van der Waals surface area (Å²) in [4.78, 5) is 3.72. The maximum absolute atomic E-state index is 12.4. The first-order valence-corrected chi connectivity index (χ1v) is 4.89. The lowest BCUT2D eigenvalue weighted by Gasteiger charge is -2.10. The predicted molar refractivity (Wildman–Crippen MR) is 56.4 cm³/mol. The van der Waals surface area contributed by atoms with Gasteiger partial charge in [0, 0.05) is 6.54 Å². The summed E-state index contributed by atoms with van der Waals surface area (Å²) in [6.45, 7) is 0.0831. The molecule has 0 amide bonds. The van der Waals surface area contributed by atoms with E-state index in [4.69, 9.17) is 10.5 Å². The second kappa shape index (κ2) is 4.83. The maximum Gasteiger partial charge on any atom is 0.280 e. The van der Waals surface area contributed by atoms with E-state index >= 15 is 0 Å². The van der Waals surface area contributed by atoms with Crippen LogP contribution < -0.4 is 10.5 Å². The van der Waals surface area contributed by atoms with Gasteiger partial charge in [0.15, 0.2) is 5.75 Å². The predicted octanol–water partition coefficient (Wildman–Crippen LogP) is 2.09. The van der Waals surface area contributed by atoms with Crippen molar-refractivity contribution in [3.63, 3.8) is 0 Å². The lowest BCUT2D eigenvalue weighted by atomic mass is 10.3. The molecular weight excluding hydrogens is 305 g/mol. The van der Waals surface area contributed by atoms with E-state index in [0.29, 0.717) is 15.0 Å². The van der Waals surface area contributed by atoms with Crippen molar-refractivity contribution >= 4 is 22.6 Å². The van der Waals surface area contributed by atoms with Gasteiger partial charge in [-0.1, -0.05) is 0 Å². The molecule has 14 heavy (non-hydrogen) atoms. The number of halogens is 3. The minimum Gasteiger partial charge on any atom is -0.494 e. The van der Waals surface area contributed by atoms with Crippen molar-refractivity contribution in [1.82, 2.24) is 4.98 Å². The highest BCUT2D eigenvalue weighted by atomic mass is 127. The van der Waals surface area contributed by atoms with E-state index in [1.807, 2.05) is 22.6 Å². The van der Waals surface area contributed by atoms with E-state index in [0.717, 1.165) is 0 Å². The van der Waals surface area contributed by atoms with Crippen molar-refractivity contribution in [2.45, 2.75) is 13.0 Å². The van der Waals surface area contributed by atoms with Crippen LogP contribution in [0.25, 0.3) is 0 Å². The molecule has 0 unspecified atom stereocenters. The Labute approximate surface area is 93.8 Å². The van der Waals surface area contributed by atoms with Crippen LogP contribution in [0.2, 0.25) is 0 Å². The largest absolute Gasteiger partial charge is 0.494 e. The summed E-state index contributed by atoms with van der Waals surface area (Å²) in [7, 11) is 1.46. The van der Waals surface area contributed by atoms with Crippen molar-refractivity contribution in [2.75, 3.05) is 7.11 Å². The number of nitrogens with two attached hydrogens (primary N) is 1. The van der Waals surface area contributed by atoms with Crippen molar-refractivity contribution in [1.29, 1.82) is 0 Å². The quantitative estimate of drug-likeness (QED) is 0.869. The highest BCUT2D eigenvalue weighted by Crippen LogP contribution is 2.28. The average molecular weight is 314 g/mol. The first kappa shape index (κ1) is 11.6. The molecule has 0 saturated carbocycles. The van der Waals surface area contributed by atoms with Crippen LogP contribution in [0.4, 0.5) is 8.78 Å². The number of hydrogen-bond acceptors (Lipinski definition) is 3. The zero-order chi connectivity index (χ0) is 10.7. The summed E-state index contributed by atoms with van der Waals surface area (Å²) in [5.74, 6) is 0.470. The van der Waals surface area contributed by atoms with E-state index in [-0.39, 0.29) is 12.2 Å². The molecule has 0 aromatic carbocycles. The normalized spacial score (nSPS) is 10.7. The number of alkyl halides is 2. The number of hydrogen-bond donors (Lipinski definition) is 1. The fraction of sp³-hybridized carbons (Fsp3) is 0.375. The molecule has 0 fully saturated rings. The van der Waals surface area contributed by atoms with Gasteiger partial charge >= 0.3 is 0 Å². The monoisotopic (exact) mass is 314 g/mol. The molecule has 6 heteroatoms. The zero-order valence-corrected chi connectivity index (χ0v) is 9.59. The molecule has 0 aliphatic carbocycles. The zero-order valence-electron chi connectivity index (χ0n) is 7.43. The Kier molecular flexibility index (Phi) is 3.99.